The summed E-state index contributed by atoms with van der Waals surface area (Å²) in [5, 5.41) is 0. The first-order chi connectivity index (χ1) is 8.55. The third-order valence-corrected chi connectivity index (χ3v) is 6.30. The van der Waals surface area contributed by atoms with Crippen LogP contribution < -0.4 is 5.73 Å². The highest BCUT2D eigenvalue weighted by Gasteiger charge is 2.36. The molecule has 5 nitrogen and oxygen atoms in total. The first kappa shape index (κ1) is 17.2. The summed E-state index contributed by atoms with van der Waals surface area (Å²) in [6.45, 7) is 4.59. The summed E-state index contributed by atoms with van der Waals surface area (Å²) in [6.07, 6.45) is 4.89. The molecule has 2 N–H and O–H groups in total. The Morgan fingerprint density at radius 3 is 2.32 bits per heavy atom. The molecule has 0 aromatic rings. The van der Waals surface area contributed by atoms with E-state index in [1.165, 1.54) is 0 Å². The van der Waals surface area contributed by atoms with Gasteiger partial charge in [-0.25, -0.2) is 0 Å². The van der Waals surface area contributed by atoms with Crippen LogP contribution in [0.4, 0.5) is 0 Å². The summed E-state index contributed by atoms with van der Waals surface area (Å²) < 4.78 is 28.5. The van der Waals surface area contributed by atoms with Gasteiger partial charge in [0.05, 0.1) is 0 Å². The minimum Gasteiger partial charge on any atom is -0.329 e. The van der Waals surface area contributed by atoms with Gasteiger partial charge < -0.3 is 5.73 Å². The highest BCUT2D eigenvalue weighted by atomic mass is 35.5. The molecule has 0 radical (unpaired) electrons. The third-order valence-electron chi connectivity index (χ3n) is 4.21. The molecule has 19 heavy (non-hydrogen) atoms. The van der Waals surface area contributed by atoms with Gasteiger partial charge in [0.1, 0.15) is 0 Å². The van der Waals surface area contributed by atoms with E-state index in [1.54, 1.807) is 8.61 Å². The standard InChI is InChI=1S/C12H25N3O2S.ClH/c1-11-5-8-14(9-6-11)18(16,17)15-7-3-2-4-12(15)10-13;/h11-12H,2-10,13H2,1H3;1H. The quantitative estimate of drug-likeness (QED) is 0.851. The molecule has 2 aliphatic heterocycles. The Kier molecular flexibility index (Phi) is 6.53. The van der Waals surface area contributed by atoms with Gasteiger partial charge in [0.15, 0.2) is 0 Å². The number of nitrogens with zero attached hydrogens (tertiary/aromatic N) is 2. The molecular weight excluding hydrogens is 286 g/mol. The SMILES string of the molecule is CC1CCN(S(=O)(=O)N2CCCCC2CN)CC1.Cl. The van der Waals surface area contributed by atoms with Crippen molar-refractivity contribution >= 4 is 22.6 Å². The molecule has 114 valence electrons. The number of hydrogen-bond donors (Lipinski definition) is 1. The Morgan fingerprint density at radius 2 is 1.74 bits per heavy atom. The molecule has 2 saturated heterocycles. The smallest absolute Gasteiger partial charge is 0.282 e. The van der Waals surface area contributed by atoms with Crippen LogP contribution in [0.2, 0.25) is 0 Å². The summed E-state index contributed by atoms with van der Waals surface area (Å²) in [4.78, 5) is 0. The van der Waals surface area contributed by atoms with E-state index in [4.69, 9.17) is 5.73 Å². The van der Waals surface area contributed by atoms with Gasteiger partial charge in [0, 0.05) is 32.2 Å². The van der Waals surface area contributed by atoms with Crippen LogP contribution in [-0.4, -0.2) is 49.2 Å². The molecule has 2 aliphatic rings. The fourth-order valence-corrected chi connectivity index (χ4v) is 4.77. The van der Waals surface area contributed by atoms with Gasteiger partial charge in [-0.05, 0) is 31.6 Å². The fraction of sp³-hybridized carbons (Fsp3) is 1.00. The molecule has 7 heteroatoms. The molecular formula is C12H26ClN3O2S. The fourth-order valence-electron chi connectivity index (χ4n) is 2.88. The molecule has 0 aromatic carbocycles. The second kappa shape index (κ2) is 7.22. The van der Waals surface area contributed by atoms with E-state index in [0.717, 1.165) is 32.1 Å². The van der Waals surface area contributed by atoms with Crippen molar-refractivity contribution in [2.45, 2.75) is 45.1 Å². The lowest BCUT2D eigenvalue weighted by atomic mass is 10.0. The van der Waals surface area contributed by atoms with E-state index in [0.29, 0.717) is 32.1 Å². The second-order valence-corrected chi connectivity index (χ2v) is 7.47. The van der Waals surface area contributed by atoms with Crippen LogP contribution in [0.3, 0.4) is 0 Å². The maximum absolute atomic E-state index is 12.6. The molecule has 0 saturated carbocycles. The lowest BCUT2D eigenvalue weighted by Crippen LogP contribution is -2.54. The Labute approximate surface area is 123 Å². The number of piperidine rings is 2. The van der Waals surface area contributed by atoms with Crippen LogP contribution >= 0.6 is 12.4 Å². The second-order valence-electron chi connectivity index (χ2n) is 5.59. The van der Waals surface area contributed by atoms with Crippen LogP contribution in [0, 0.1) is 5.92 Å². The Morgan fingerprint density at radius 1 is 1.11 bits per heavy atom. The van der Waals surface area contributed by atoms with Crippen molar-refractivity contribution in [2.24, 2.45) is 11.7 Å². The summed E-state index contributed by atoms with van der Waals surface area (Å²) in [5.41, 5.74) is 5.72. The Balaban J connectivity index is 0.00000180. The van der Waals surface area contributed by atoms with Gasteiger partial charge in [-0.1, -0.05) is 13.3 Å². The summed E-state index contributed by atoms with van der Waals surface area (Å²) in [6, 6.07) is 0.00287. The van der Waals surface area contributed by atoms with E-state index >= 15 is 0 Å². The summed E-state index contributed by atoms with van der Waals surface area (Å²) in [7, 11) is -3.28. The van der Waals surface area contributed by atoms with Gasteiger partial charge in [-0.2, -0.15) is 17.0 Å². The van der Waals surface area contributed by atoms with Gasteiger partial charge >= 0.3 is 0 Å². The zero-order valence-electron chi connectivity index (χ0n) is 11.6. The lowest BCUT2D eigenvalue weighted by Gasteiger charge is -2.39. The molecule has 0 bridgehead atoms. The Hall–Kier alpha value is 0.120. The van der Waals surface area contributed by atoms with Crippen LogP contribution in [0.1, 0.15) is 39.0 Å². The van der Waals surface area contributed by atoms with Crippen molar-refractivity contribution in [2.75, 3.05) is 26.2 Å². The minimum atomic E-state index is -3.28. The lowest BCUT2D eigenvalue weighted by molar-refractivity contribution is 0.216. The van der Waals surface area contributed by atoms with E-state index < -0.39 is 10.2 Å². The van der Waals surface area contributed by atoms with E-state index in [-0.39, 0.29) is 18.4 Å². The van der Waals surface area contributed by atoms with Crippen molar-refractivity contribution in [1.82, 2.24) is 8.61 Å². The maximum atomic E-state index is 12.6. The predicted molar refractivity (Wildman–Crippen MR) is 79.5 cm³/mol. The maximum Gasteiger partial charge on any atom is 0.282 e. The monoisotopic (exact) mass is 311 g/mol. The molecule has 0 spiro atoms. The van der Waals surface area contributed by atoms with Gasteiger partial charge in [-0.15, -0.1) is 12.4 Å². The molecule has 2 rings (SSSR count). The highest BCUT2D eigenvalue weighted by molar-refractivity contribution is 7.86. The van der Waals surface area contributed by atoms with Crippen molar-refractivity contribution < 1.29 is 8.42 Å². The summed E-state index contributed by atoms with van der Waals surface area (Å²) >= 11 is 0. The predicted octanol–water partition coefficient (Wildman–Crippen LogP) is 1.20. The van der Waals surface area contributed by atoms with Crippen molar-refractivity contribution in [3.8, 4) is 0 Å². The van der Waals surface area contributed by atoms with Gasteiger partial charge in [-0.3, -0.25) is 0 Å². The number of rotatable bonds is 3. The van der Waals surface area contributed by atoms with Crippen molar-refractivity contribution in [3.63, 3.8) is 0 Å². The van der Waals surface area contributed by atoms with Crippen LogP contribution in [0.25, 0.3) is 0 Å². The Bertz CT molecular complexity index is 369. The number of halogens is 1. The average Bonchev–Trinajstić information content (AvgIpc) is 2.39. The zero-order chi connectivity index (χ0) is 13.2. The number of nitrogens with two attached hydrogens (primary N) is 1. The van der Waals surface area contributed by atoms with Crippen LogP contribution in [-0.2, 0) is 10.2 Å². The third kappa shape index (κ3) is 3.82. The van der Waals surface area contributed by atoms with Crippen LogP contribution in [0.15, 0.2) is 0 Å². The normalized spacial score (nSPS) is 28.0. The first-order valence-corrected chi connectivity index (χ1v) is 8.42. The van der Waals surface area contributed by atoms with E-state index in [9.17, 15) is 8.42 Å². The molecule has 0 aliphatic carbocycles. The minimum absolute atomic E-state index is 0. The molecule has 0 aromatic heterocycles. The van der Waals surface area contributed by atoms with Gasteiger partial charge in [0.2, 0.25) is 0 Å². The average molecular weight is 312 g/mol. The molecule has 1 unspecified atom stereocenters. The topological polar surface area (TPSA) is 66.6 Å². The van der Waals surface area contributed by atoms with Gasteiger partial charge in [0.25, 0.3) is 10.2 Å². The first-order valence-electron chi connectivity index (χ1n) is 7.02. The molecule has 1 atom stereocenters. The zero-order valence-corrected chi connectivity index (χ0v) is 13.3. The molecule has 2 heterocycles. The van der Waals surface area contributed by atoms with E-state index in [1.807, 2.05) is 0 Å². The van der Waals surface area contributed by atoms with E-state index in [2.05, 4.69) is 6.92 Å². The highest BCUT2D eigenvalue weighted by Crippen LogP contribution is 2.25. The van der Waals surface area contributed by atoms with Crippen molar-refractivity contribution in [1.29, 1.82) is 0 Å². The van der Waals surface area contributed by atoms with Crippen molar-refractivity contribution in [3.05, 3.63) is 0 Å². The summed E-state index contributed by atoms with van der Waals surface area (Å²) in [5.74, 6) is 0.642. The molecule has 0 amide bonds. The largest absolute Gasteiger partial charge is 0.329 e. The van der Waals surface area contributed by atoms with Crippen LogP contribution in [0.5, 0.6) is 0 Å². The molecule has 2 fully saturated rings. The number of hydrogen-bond acceptors (Lipinski definition) is 3.